The third-order valence-electron chi connectivity index (χ3n) is 4.06. The molecule has 1 aromatic rings. The second-order valence-electron chi connectivity index (χ2n) is 5.97. The van der Waals surface area contributed by atoms with Crippen LogP contribution in [0.4, 0.5) is 4.79 Å². The number of rotatable bonds is 4. The number of carbonyl (C=O) groups is 3. The van der Waals surface area contributed by atoms with E-state index in [0.29, 0.717) is 11.5 Å². The van der Waals surface area contributed by atoms with Gasteiger partial charge in [0.2, 0.25) is 6.10 Å². The second-order valence-corrected chi connectivity index (χ2v) is 5.97. The summed E-state index contributed by atoms with van der Waals surface area (Å²) >= 11 is 0. The lowest BCUT2D eigenvalue weighted by Gasteiger charge is -2.24. The first-order valence-corrected chi connectivity index (χ1v) is 8.27. The van der Waals surface area contributed by atoms with Crippen molar-refractivity contribution in [2.45, 2.75) is 37.8 Å². The first-order chi connectivity index (χ1) is 12.1. The van der Waals surface area contributed by atoms with Gasteiger partial charge in [0.05, 0.1) is 0 Å². The zero-order chi connectivity index (χ0) is 17.6. The minimum atomic E-state index is -0.949. The molecule has 1 saturated carbocycles. The van der Waals surface area contributed by atoms with Crippen LogP contribution in [0.1, 0.15) is 25.7 Å². The van der Waals surface area contributed by atoms with Gasteiger partial charge in [0.15, 0.2) is 18.1 Å². The Hall–Kier alpha value is -2.77. The van der Waals surface area contributed by atoms with Crippen molar-refractivity contribution in [2.75, 3.05) is 13.2 Å². The highest BCUT2D eigenvalue weighted by atomic mass is 16.6. The van der Waals surface area contributed by atoms with Gasteiger partial charge < -0.3 is 19.5 Å². The van der Waals surface area contributed by atoms with Crippen LogP contribution in [0, 0.1) is 0 Å². The zero-order valence-electron chi connectivity index (χ0n) is 13.7. The van der Waals surface area contributed by atoms with Gasteiger partial charge in [-0.25, -0.2) is 9.59 Å². The number of hydrogen-bond donors (Lipinski definition) is 2. The van der Waals surface area contributed by atoms with E-state index in [1.165, 1.54) is 0 Å². The fourth-order valence-electron chi connectivity index (χ4n) is 2.82. The predicted molar refractivity (Wildman–Crippen MR) is 86.2 cm³/mol. The van der Waals surface area contributed by atoms with Crippen LogP contribution < -0.4 is 20.1 Å². The highest BCUT2D eigenvalue weighted by Gasteiger charge is 2.29. The number of benzene rings is 1. The van der Waals surface area contributed by atoms with E-state index in [9.17, 15) is 14.4 Å². The van der Waals surface area contributed by atoms with Gasteiger partial charge in [0.25, 0.3) is 5.91 Å². The number of para-hydroxylation sites is 2. The number of urea groups is 1. The lowest BCUT2D eigenvalue weighted by molar-refractivity contribution is -0.157. The molecule has 25 heavy (non-hydrogen) atoms. The minimum absolute atomic E-state index is 0.000365. The van der Waals surface area contributed by atoms with E-state index in [2.05, 4.69) is 10.6 Å². The quantitative estimate of drug-likeness (QED) is 0.791. The van der Waals surface area contributed by atoms with Crippen molar-refractivity contribution in [3.63, 3.8) is 0 Å². The third kappa shape index (κ3) is 4.62. The van der Waals surface area contributed by atoms with Crippen molar-refractivity contribution >= 4 is 17.9 Å². The van der Waals surface area contributed by atoms with Crippen molar-refractivity contribution in [3.05, 3.63) is 24.3 Å². The lowest BCUT2D eigenvalue weighted by atomic mass is 10.2. The number of fused-ring (bicyclic) bond motifs is 1. The van der Waals surface area contributed by atoms with Crippen molar-refractivity contribution in [1.29, 1.82) is 0 Å². The Morgan fingerprint density at radius 2 is 1.84 bits per heavy atom. The highest BCUT2D eigenvalue weighted by molar-refractivity contribution is 5.95. The molecule has 1 fully saturated rings. The summed E-state index contributed by atoms with van der Waals surface area (Å²) in [5, 5.41) is 4.86. The molecule has 0 aromatic heterocycles. The Morgan fingerprint density at radius 1 is 1.12 bits per heavy atom. The molecule has 3 amide bonds. The summed E-state index contributed by atoms with van der Waals surface area (Å²) in [6, 6.07) is 6.48. The van der Waals surface area contributed by atoms with Crippen LogP contribution in [0.15, 0.2) is 24.3 Å². The molecule has 0 bridgehead atoms. The van der Waals surface area contributed by atoms with Crippen molar-refractivity contribution in [3.8, 4) is 11.5 Å². The van der Waals surface area contributed by atoms with Crippen LogP contribution >= 0.6 is 0 Å². The fraction of sp³-hybridized carbons (Fsp3) is 0.471. The Kier molecular flexibility index (Phi) is 5.37. The van der Waals surface area contributed by atoms with E-state index in [1.807, 2.05) is 0 Å². The van der Waals surface area contributed by atoms with Gasteiger partial charge in [-0.05, 0) is 25.0 Å². The number of amides is 3. The largest absolute Gasteiger partial charge is 0.485 e. The van der Waals surface area contributed by atoms with E-state index < -0.39 is 30.6 Å². The van der Waals surface area contributed by atoms with Crippen LogP contribution in [0.5, 0.6) is 11.5 Å². The van der Waals surface area contributed by atoms with E-state index in [0.717, 1.165) is 25.7 Å². The third-order valence-corrected chi connectivity index (χ3v) is 4.06. The maximum absolute atomic E-state index is 12.0. The number of ether oxygens (including phenoxy) is 3. The van der Waals surface area contributed by atoms with Crippen molar-refractivity contribution in [2.24, 2.45) is 0 Å². The van der Waals surface area contributed by atoms with Gasteiger partial charge in [-0.3, -0.25) is 10.1 Å². The van der Waals surface area contributed by atoms with Crippen LogP contribution in [0.2, 0.25) is 0 Å². The topological polar surface area (TPSA) is 103 Å². The Bertz CT molecular complexity index is 656. The number of esters is 1. The molecule has 1 atom stereocenters. The first kappa shape index (κ1) is 17.1. The molecule has 8 heteroatoms. The van der Waals surface area contributed by atoms with Gasteiger partial charge in [0, 0.05) is 6.04 Å². The summed E-state index contributed by atoms with van der Waals surface area (Å²) < 4.78 is 15.8. The normalized spacial score (nSPS) is 19.1. The number of imide groups is 1. The molecule has 134 valence electrons. The standard InChI is InChI=1S/C17H20N2O6/c20-15(19-17(22)18-11-5-1-2-6-11)10-24-16(21)14-9-23-12-7-3-4-8-13(12)25-14/h3-4,7-8,11,14H,1-2,5-6,9-10H2,(H2,18,19,20,22)/t14-/m1/s1. The minimum Gasteiger partial charge on any atom is -0.485 e. The summed E-state index contributed by atoms with van der Waals surface area (Å²) in [6.07, 6.45) is 3.02. The average Bonchev–Trinajstić information content (AvgIpc) is 3.12. The van der Waals surface area contributed by atoms with Gasteiger partial charge in [-0.15, -0.1) is 0 Å². The molecular weight excluding hydrogens is 328 g/mol. The molecule has 0 unspecified atom stereocenters. The maximum atomic E-state index is 12.0. The zero-order valence-corrected chi connectivity index (χ0v) is 13.7. The summed E-state index contributed by atoms with van der Waals surface area (Å²) in [7, 11) is 0. The molecule has 1 heterocycles. The molecule has 8 nitrogen and oxygen atoms in total. The van der Waals surface area contributed by atoms with Crippen molar-refractivity contribution < 1.29 is 28.6 Å². The van der Waals surface area contributed by atoms with Gasteiger partial charge in [0.1, 0.15) is 6.61 Å². The number of hydrogen-bond acceptors (Lipinski definition) is 6. The van der Waals surface area contributed by atoms with Crippen LogP contribution in [0.3, 0.4) is 0 Å². The average molecular weight is 348 g/mol. The summed E-state index contributed by atoms with van der Waals surface area (Å²) in [5.74, 6) is -0.425. The molecular formula is C17H20N2O6. The fourth-order valence-corrected chi connectivity index (χ4v) is 2.82. The van der Waals surface area contributed by atoms with Gasteiger partial charge in [-0.2, -0.15) is 0 Å². The van der Waals surface area contributed by atoms with E-state index in [1.54, 1.807) is 24.3 Å². The van der Waals surface area contributed by atoms with Crippen LogP contribution in [-0.2, 0) is 14.3 Å². The molecule has 1 aliphatic heterocycles. The second kappa shape index (κ2) is 7.87. The smallest absolute Gasteiger partial charge is 0.351 e. The van der Waals surface area contributed by atoms with E-state index in [-0.39, 0.29) is 12.6 Å². The molecule has 2 N–H and O–H groups in total. The van der Waals surface area contributed by atoms with E-state index >= 15 is 0 Å². The number of carbonyl (C=O) groups excluding carboxylic acids is 3. The van der Waals surface area contributed by atoms with E-state index in [4.69, 9.17) is 14.2 Å². The molecule has 0 saturated heterocycles. The van der Waals surface area contributed by atoms with Crippen molar-refractivity contribution in [1.82, 2.24) is 10.6 Å². The molecule has 1 aromatic carbocycles. The Morgan fingerprint density at radius 3 is 2.60 bits per heavy atom. The SMILES string of the molecule is O=C(COC(=O)[C@H]1COc2ccccc2O1)NC(=O)NC1CCCC1. The maximum Gasteiger partial charge on any atom is 0.351 e. The van der Waals surface area contributed by atoms with Crippen LogP contribution in [0.25, 0.3) is 0 Å². The van der Waals surface area contributed by atoms with Crippen LogP contribution in [-0.4, -0.2) is 43.3 Å². The first-order valence-electron chi connectivity index (χ1n) is 8.27. The molecule has 2 aliphatic rings. The Labute approximate surface area is 144 Å². The van der Waals surface area contributed by atoms with Gasteiger partial charge >= 0.3 is 12.0 Å². The molecule has 1 aliphatic carbocycles. The monoisotopic (exact) mass is 348 g/mol. The number of nitrogens with one attached hydrogen (secondary N) is 2. The summed E-state index contributed by atoms with van der Waals surface area (Å²) in [4.78, 5) is 35.3. The molecule has 3 rings (SSSR count). The summed E-state index contributed by atoms with van der Waals surface area (Å²) in [5.41, 5.74) is 0. The lowest BCUT2D eigenvalue weighted by Crippen LogP contribution is -2.45. The van der Waals surface area contributed by atoms with Gasteiger partial charge in [-0.1, -0.05) is 25.0 Å². The highest BCUT2D eigenvalue weighted by Crippen LogP contribution is 2.31. The predicted octanol–water partition coefficient (Wildman–Crippen LogP) is 1.14. The summed E-state index contributed by atoms with van der Waals surface area (Å²) in [6.45, 7) is -0.557. The molecule has 0 radical (unpaired) electrons. The molecule has 0 spiro atoms. The Balaban J connectivity index is 1.40.